The van der Waals surface area contributed by atoms with E-state index in [2.05, 4.69) is 10.5 Å². The normalized spacial score (nSPS) is 10.6. The van der Waals surface area contributed by atoms with E-state index < -0.39 is 0 Å². The predicted molar refractivity (Wildman–Crippen MR) is 94.7 cm³/mol. The SMILES string of the molecule is CCOc1ccc(C=NNC(=O)Cc2ccccc2)cc1OCC. The summed E-state index contributed by atoms with van der Waals surface area (Å²) >= 11 is 0. The number of carbonyl (C=O) groups excluding carboxylic acids is 1. The molecule has 0 aliphatic rings. The zero-order valence-electron chi connectivity index (χ0n) is 14.0. The molecule has 0 fully saturated rings. The first kappa shape index (κ1) is 17.5. The van der Waals surface area contributed by atoms with Gasteiger partial charge in [-0.25, -0.2) is 5.43 Å². The Morgan fingerprint density at radius 1 is 1.04 bits per heavy atom. The molecule has 0 aliphatic carbocycles. The first-order chi connectivity index (χ1) is 11.7. The molecule has 2 rings (SSSR count). The average molecular weight is 326 g/mol. The highest BCUT2D eigenvalue weighted by atomic mass is 16.5. The Labute approximate surface area is 142 Å². The summed E-state index contributed by atoms with van der Waals surface area (Å²) in [6.07, 6.45) is 1.88. The summed E-state index contributed by atoms with van der Waals surface area (Å²) in [5.41, 5.74) is 4.30. The van der Waals surface area contributed by atoms with Crippen LogP contribution in [-0.4, -0.2) is 25.3 Å². The quantitative estimate of drug-likeness (QED) is 0.599. The molecule has 2 aromatic rings. The second kappa shape index (κ2) is 9.35. The number of amides is 1. The first-order valence-electron chi connectivity index (χ1n) is 7.98. The summed E-state index contributed by atoms with van der Waals surface area (Å²) in [5.74, 6) is 1.21. The van der Waals surface area contributed by atoms with Gasteiger partial charge in [-0.3, -0.25) is 4.79 Å². The maximum absolute atomic E-state index is 11.8. The minimum atomic E-state index is -0.159. The second-order valence-electron chi connectivity index (χ2n) is 5.03. The lowest BCUT2D eigenvalue weighted by molar-refractivity contribution is -0.120. The van der Waals surface area contributed by atoms with Crippen molar-refractivity contribution < 1.29 is 14.3 Å². The first-order valence-corrected chi connectivity index (χ1v) is 7.98. The Hall–Kier alpha value is -2.82. The number of ether oxygens (including phenoxy) is 2. The molecule has 0 spiro atoms. The van der Waals surface area contributed by atoms with Crippen molar-refractivity contribution in [1.29, 1.82) is 0 Å². The van der Waals surface area contributed by atoms with Gasteiger partial charge >= 0.3 is 0 Å². The van der Waals surface area contributed by atoms with Gasteiger partial charge in [0, 0.05) is 0 Å². The van der Waals surface area contributed by atoms with Gasteiger partial charge in [-0.2, -0.15) is 5.10 Å². The van der Waals surface area contributed by atoms with Crippen LogP contribution in [0.1, 0.15) is 25.0 Å². The Kier molecular flexibility index (Phi) is 6.83. The predicted octanol–water partition coefficient (Wildman–Crippen LogP) is 3.18. The van der Waals surface area contributed by atoms with E-state index in [1.54, 1.807) is 6.21 Å². The van der Waals surface area contributed by atoms with Gasteiger partial charge in [0.15, 0.2) is 11.5 Å². The Morgan fingerprint density at radius 3 is 2.46 bits per heavy atom. The lowest BCUT2D eigenvalue weighted by atomic mass is 10.1. The van der Waals surface area contributed by atoms with Crippen LogP contribution >= 0.6 is 0 Å². The van der Waals surface area contributed by atoms with Gasteiger partial charge in [-0.05, 0) is 43.2 Å². The molecular weight excluding hydrogens is 304 g/mol. The third-order valence-corrected chi connectivity index (χ3v) is 3.18. The molecule has 1 N–H and O–H groups in total. The van der Waals surface area contributed by atoms with E-state index in [1.165, 1.54) is 0 Å². The monoisotopic (exact) mass is 326 g/mol. The number of nitrogens with one attached hydrogen (secondary N) is 1. The summed E-state index contributed by atoms with van der Waals surface area (Å²) in [5, 5.41) is 3.99. The molecule has 0 bridgehead atoms. The zero-order valence-corrected chi connectivity index (χ0v) is 14.0. The fourth-order valence-corrected chi connectivity index (χ4v) is 2.15. The molecule has 2 aromatic carbocycles. The van der Waals surface area contributed by atoms with E-state index in [9.17, 15) is 4.79 Å². The largest absolute Gasteiger partial charge is 0.490 e. The summed E-state index contributed by atoms with van der Waals surface area (Å²) in [6.45, 7) is 4.96. The summed E-state index contributed by atoms with van der Waals surface area (Å²) in [7, 11) is 0. The molecule has 0 aliphatic heterocycles. The van der Waals surface area contributed by atoms with Gasteiger partial charge in [-0.1, -0.05) is 30.3 Å². The Bertz CT molecular complexity index is 684. The van der Waals surface area contributed by atoms with Crippen LogP contribution in [0.15, 0.2) is 53.6 Å². The molecule has 0 radical (unpaired) electrons. The van der Waals surface area contributed by atoms with Crippen LogP contribution in [0.3, 0.4) is 0 Å². The number of hydrogen-bond acceptors (Lipinski definition) is 4. The van der Waals surface area contributed by atoms with E-state index in [4.69, 9.17) is 9.47 Å². The minimum Gasteiger partial charge on any atom is -0.490 e. The molecule has 5 heteroatoms. The standard InChI is InChI=1S/C19H22N2O3/c1-3-23-17-11-10-16(12-18(17)24-4-2)14-20-21-19(22)13-15-8-6-5-7-9-15/h5-12,14H,3-4,13H2,1-2H3,(H,21,22). The van der Waals surface area contributed by atoms with Crippen molar-refractivity contribution in [1.82, 2.24) is 5.43 Å². The number of hydrazone groups is 1. The fourth-order valence-electron chi connectivity index (χ4n) is 2.15. The van der Waals surface area contributed by atoms with E-state index in [0.717, 1.165) is 11.1 Å². The van der Waals surface area contributed by atoms with E-state index in [0.29, 0.717) is 31.1 Å². The molecule has 0 saturated carbocycles. The highest BCUT2D eigenvalue weighted by Gasteiger charge is 2.05. The maximum atomic E-state index is 11.8. The van der Waals surface area contributed by atoms with Crippen molar-refractivity contribution in [3.05, 3.63) is 59.7 Å². The third-order valence-electron chi connectivity index (χ3n) is 3.18. The Balaban J connectivity index is 1.95. The van der Waals surface area contributed by atoms with E-state index >= 15 is 0 Å². The van der Waals surface area contributed by atoms with Crippen LogP contribution in [0.5, 0.6) is 11.5 Å². The van der Waals surface area contributed by atoms with Crippen molar-refractivity contribution in [2.75, 3.05) is 13.2 Å². The molecule has 24 heavy (non-hydrogen) atoms. The number of carbonyl (C=O) groups is 1. The highest BCUT2D eigenvalue weighted by molar-refractivity contribution is 5.84. The molecule has 126 valence electrons. The zero-order chi connectivity index (χ0) is 17.2. The highest BCUT2D eigenvalue weighted by Crippen LogP contribution is 2.27. The number of rotatable bonds is 8. The third kappa shape index (κ3) is 5.43. The molecule has 5 nitrogen and oxygen atoms in total. The molecular formula is C19H22N2O3. The van der Waals surface area contributed by atoms with Gasteiger partial charge in [0.25, 0.3) is 0 Å². The van der Waals surface area contributed by atoms with Crippen LogP contribution < -0.4 is 14.9 Å². The van der Waals surface area contributed by atoms with Gasteiger partial charge in [0.05, 0.1) is 25.8 Å². The van der Waals surface area contributed by atoms with Crippen LogP contribution in [0.25, 0.3) is 0 Å². The van der Waals surface area contributed by atoms with Crippen molar-refractivity contribution in [2.45, 2.75) is 20.3 Å². The molecule has 0 unspecified atom stereocenters. The maximum Gasteiger partial charge on any atom is 0.244 e. The minimum absolute atomic E-state index is 0.159. The molecule has 0 saturated heterocycles. The van der Waals surface area contributed by atoms with Gasteiger partial charge < -0.3 is 9.47 Å². The summed E-state index contributed by atoms with van der Waals surface area (Å²) < 4.78 is 11.1. The fraction of sp³-hybridized carbons (Fsp3) is 0.263. The summed E-state index contributed by atoms with van der Waals surface area (Å²) in [4.78, 5) is 11.8. The second-order valence-corrected chi connectivity index (χ2v) is 5.03. The molecule has 0 aromatic heterocycles. The van der Waals surface area contributed by atoms with E-state index in [-0.39, 0.29) is 5.91 Å². The van der Waals surface area contributed by atoms with Crippen molar-refractivity contribution in [3.8, 4) is 11.5 Å². The lowest BCUT2D eigenvalue weighted by Gasteiger charge is -2.11. The topological polar surface area (TPSA) is 59.9 Å². The van der Waals surface area contributed by atoms with E-state index in [1.807, 2.05) is 62.4 Å². The van der Waals surface area contributed by atoms with Crippen LogP contribution in [0, 0.1) is 0 Å². The van der Waals surface area contributed by atoms with Crippen molar-refractivity contribution in [2.24, 2.45) is 5.10 Å². The lowest BCUT2D eigenvalue weighted by Crippen LogP contribution is -2.19. The van der Waals surface area contributed by atoms with Crippen LogP contribution in [0.4, 0.5) is 0 Å². The van der Waals surface area contributed by atoms with Gasteiger partial charge in [0.2, 0.25) is 5.91 Å². The number of benzene rings is 2. The van der Waals surface area contributed by atoms with Crippen molar-refractivity contribution >= 4 is 12.1 Å². The number of nitrogens with zero attached hydrogens (tertiary/aromatic N) is 1. The Morgan fingerprint density at radius 2 is 1.75 bits per heavy atom. The van der Waals surface area contributed by atoms with Crippen LogP contribution in [-0.2, 0) is 11.2 Å². The molecule has 0 atom stereocenters. The molecule has 0 heterocycles. The van der Waals surface area contributed by atoms with Gasteiger partial charge in [0.1, 0.15) is 0 Å². The van der Waals surface area contributed by atoms with Crippen molar-refractivity contribution in [3.63, 3.8) is 0 Å². The average Bonchev–Trinajstić information content (AvgIpc) is 2.58. The van der Waals surface area contributed by atoms with Gasteiger partial charge in [-0.15, -0.1) is 0 Å². The number of hydrogen-bond donors (Lipinski definition) is 1. The summed E-state index contributed by atoms with van der Waals surface area (Å²) in [6, 6.07) is 15.1. The van der Waals surface area contributed by atoms with Crippen LogP contribution in [0.2, 0.25) is 0 Å². The smallest absolute Gasteiger partial charge is 0.244 e. The molecule has 1 amide bonds.